The molecule has 0 aliphatic rings. The molecule has 0 rings (SSSR count). The normalized spacial score (nSPS) is 7.39. The smallest absolute Gasteiger partial charge is 0.211 e. The Morgan fingerprint density at radius 1 is 0.613 bits per heavy atom. The zero-order valence-electron chi connectivity index (χ0n) is 19.9. The van der Waals surface area contributed by atoms with Crippen molar-refractivity contribution in [1.29, 1.82) is 0 Å². The van der Waals surface area contributed by atoms with E-state index in [1.807, 2.05) is 34.6 Å². The van der Waals surface area contributed by atoms with Crippen molar-refractivity contribution in [3.05, 3.63) is 0 Å². The first-order chi connectivity index (χ1) is 14.8. The summed E-state index contributed by atoms with van der Waals surface area (Å²) < 4.78 is 0. The molecule has 10 nitrogen and oxygen atoms in total. The van der Waals surface area contributed by atoms with Crippen molar-refractivity contribution in [2.75, 3.05) is 26.2 Å². The Labute approximate surface area is 185 Å². The number of hydrogen-bond acceptors (Lipinski definition) is 10. The lowest BCUT2D eigenvalue weighted by molar-refractivity contribution is 0.558. The largest absolute Gasteiger partial charge is 0.235 e. The van der Waals surface area contributed by atoms with Crippen LogP contribution in [-0.2, 0) is 24.0 Å². The second-order valence-electron chi connectivity index (χ2n) is 6.01. The quantitative estimate of drug-likeness (QED) is 0.303. The zero-order chi connectivity index (χ0) is 25.2. The zero-order valence-corrected chi connectivity index (χ0v) is 19.9. The van der Waals surface area contributed by atoms with Gasteiger partial charge in [0.2, 0.25) is 30.4 Å². The number of rotatable bonds is 9. The first kappa shape index (κ1) is 38.5. The minimum atomic E-state index is 0.0995. The van der Waals surface area contributed by atoms with E-state index in [-0.39, 0.29) is 6.04 Å². The van der Waals surface area contributed by atoms with Crippen molar-refractivity contribution >= 4 is 30.4 Å². The van der Waals surface area contributed by atoms with E-state index in [1.165, 1.54) is 30.4 Å². The maximum Gasteiger partial charge on any atom is 0.235 e. The first-order valence-corrected chi connectivity index (χ1v) is 10.0. The van der Waals surface area contributed by atoms with E-state index in [0.717, 1.165) is 19.3 Å². The van der Waals surface area contributed by atoms with Crippen LogP contribution in [0, 0.1) is 5.92 Å². The van der Waals surface area contributed by atoms with Crippen LogP contribution in [0.5, 0.6) is 0 Å². The molecule has 31 heavy (non-hydrogen) atoms. The van der Waals surface area contributed by atoms with Crippen molar-refractivity contribution < 1.29 is 24.0 Å². The Balaban J connectivity index is -0.0000000913. The molecule has 0 bridgehead atoms. The third kappa shape index (κ3) is 100. The van der Waals surface area contributed by atoms with E-state index in [1.54, 1.807) is 6.92 Å². The van der Waals surface area contributed by atoms with Crippen LogP contribution < -0.4 is 0 Å². The molecular weight excluding hydrogens is 402 g/mol. The average Bonchev–Trinajstić information content (AvgIpc) is 2.73. The number of isocyanates is 5. The molecule has 0 unspecified atom stereocenters. The van der Waals surface area contributed by atoms with Crippen molar-refractivity contribution in [1.82, 2.24) is 0 Å². The molecule has 0 aromatic carbocycles. The van der Waals surface area contributed by atoms with Gasteiger partial charge in [-0.2, -0.15) is 0 Å². The van der Waals surface area contributed by atoms with Crippen LogP contribution in [0.1, 0.15) is 67.7 Å². The molecule has 10 heteroatoms. The van der Waals surface area contributed by atoms with Gasteiger partial charge in [0.1, 0.15) is 0 Å². The molecule has 0 aliphatic carbocycles. The van der Waals surface area contributed by atoms with E-state index in [2.05, 4.69) is 31.9 Å². The Bertz CT molecular complexity index is 591. The molecule has 0 amide bonds. The van der Waals surface area contributed by atoms with Crippen LogP contribution in [-0.4, -0.2) is 62.6 Å². The lowest BCUT2D eigenvalue weighted by Gasteiger charge is -1.90. The summed E-state index contributed by atoms with van der Waals surface area (Å²) in [5.74, 6) is 0.474. The molecule has 0 N–H and O–H groups in total. The third-order valence-electron chi connectivity index (χ3n) is 2.14. The first-order valence-electron chi connectivity index (χ1n) is 10.0. The Morgan fingerprint density at radius 3 is 1.26 bits per heavy atom. The molecule has 0 aromatic heterocycles. The van der Waals surface area contributed by atoms with Crippen molar-refractivity contribution in [2.45, 2.75) is 73.8 Å². The molecule has 0 fully saturated rings. The molecule has 176 valence electrons. The Hall–Kier alpha value is -3.10. The second kappa shape index (κ2) is 45.6. The third-order valence-corrected chi connectivity index (χ3v) is 2.14. The van der Waals surface area contributed by atoms with Crippen LogP contribution >= 0.6 is 0 Å². The van der Waals surface area contributed by atoms with Gasteiger partial charge in [-0.05, 0) is 39.5 Å². The average molecular weight is 440 g/mol. The van der Waals surface area contributed by atoms with Gasteiger partial charge < -0.3 is 0 Å². The maximum atomic E-state index is 9.42. The van der Waals surface area contributed by atoms with Crippen molar-refractivity contribution in [3.8, 4) is 0 Å². The van der Waals surface area contributed by atoms with E-state index in [4.69, 9.17) is 4.79 Å². The summed E-state index contributed by atoms with van der Waals surface area (Å²) in [7, 11) is 0. The highest BCUT2D eigenvalue weighted by molar-refractivity contribution is 5.33. The van der Waals surface area contributed by atoms with Crippen LogP contribution in [0.25, 0.3) is 0 Å². The minimum Gasteiger partial charge on any atom is -0.211 e. The van der Waals surface area contributed by atoms with Crippen LogP contribution in [0.4, 0.5) is 0 Å². The lowest BCUT2D eigenvalue weighted by atomic mass is 10.2. The van der Waals surface area contributed by atoms with Gasteiger partial charge in [0.25, 0.3) is 0 Å². The van der Waals surface area contributed by atoms with Gasteiger partial charge in [-0.3, -0.25) is 0 Å². The van der Waals surface area contributed by atoms with Crippen LogP contribution in [0.2, 0.25) is 0 Å². The fourth-order valence-electron chi connectivity index (χ4n) is 0.830. The predicted octanol–water partition coefficient (Wildman–Crippen LogP) is 3.91. The molecule has 0 aromatic rings. The Kier molecular flexibility index (Phi) is 56.6. The SMILES string of the molecule is CC(C)CN=C=O.CC(C)N=C=O.CCCCN=C=O.CCCN=C=O.CCN=C=O. The van der Waals surface area contributed by atoms with E-state index in [9.17, 15) is 19.2 Å². The summed E-state index contributed by atoms with van der Waals surface area (Å²) in [5, 5.41) is 0. The number of aliphatic imine (C=N–C) groups is 5. The van der Waals surface area contributed by atoms with E-state index < -0.39 is 0 Å². The van der Waals surface area contributed by atoms with Gasteiger partial charge in [-0.15, -0.1) is 0 Å². The second-order valence-corrected chi connectivity index (χ2v) is 6.01. The summed E-state index contributed by atoms with van der Waals surface area (Å²) in [6, 6.07) is 0.0995. The van der Waals surface area contributed by atoms with Crippen LogP contribution in [0.15, 0.2) is 25.0 Å². The van der Waals surface area contributed by atoms with Gasteiger partial charge in [-0.25, -0.2) is 48.9 Å². The topological polar surface area (TPSA) is 147 Å². The molecule has 0 atom stereocenters. The highest BCUT2D eigenvalue weighted by Gasteiger charge is 1.85. The van der Waals surface area contributed by atoms with Gasteiger partial charge in [0, 0.05) is 6.54 Å². The molecular formula is C21H37N5O5. The number of carbonyl (C=O) groups excluding carboxylic acids is 5. The van der Waals surface area contributed by atoms with Gasteiger partial charge in [-0.1, -0.05) is 34.1 Å². The fraction of sp³-hybridized carbons (Fsp3) is 0.762. The van der Waals surface area contributed by atoms with Gasteiger partial charge in [0.05, 0.1) is 25.7 Å². The Morgan fingerprint density at radius 2 is 1.10 bits per heavy atom. The van der Waals surface area contributed by atoms with E-state index in [0.29, 0.717) is 32.1 Å². The molecule has 0 spiro atoms. The molecule has 0 saturated heterocycles. The standard InChI is InChI=1S/2C5H9NO.2C4H7NO.C3H5NO/c1-5(2)3-6-4-7;1-2-3-4-6-5-7;1-4(2)5-3-6;1-2-3-5-4-6;1-2-4-3-5/h5H,3H2,1-2H3;2-4H2,1H3;4H,1-2H3;2-3H2,1H3;2H2,1H3. The summed E-state index contributed by atoms with van der Waals surface area (Å²) in [4.78, 5) is 63.0. The summed E-state index contributed by atoms with van der Waals surface area (Å²) in [6.07, 6.45) is 10.2. The molecule has 0 saturated carbocycles. The summed E-state index contributed by atoms with van der Waals surface area (Å²) in [5.41, 5.74) is 0. The predicted molar refractivity (Wildman–Crippen MR) is 121 cm³/mol. The lowest BCUT2D eigenvalue weighted by Crippen LogP contribution is -1.89. The molecule has 0 heterocycles. The number of hydrogen-bond donors (Lipinski definition) is 0. The summed E-state index contributed by atoms with van der Waals surface area (Å²) in [6.45, 7) is 15.8. The minimum absolute atomic E-state index is 0.0995. The van der Waals surface area contributed by atoms with Crippen molar-refractivity contribution in [3.63, 3.8) is 0 Å². The fourth-order valence-corrected chi connectivity index (χ4v) is 0.830. The number of nitrogens with zero attached hydrogens (tertiary/aromatic N) is 5. The van der Waals surface area contributed by atoms with Gasteiger partial charge >= 0.3 is 0 Å². The highest BCUT2D eigenvalue weighted by Crippen LogP contribution is 1.88. The summed E-state index contributed by atoms with van der Waals surface area (Å²) >= 11 is 0. The molecule has 0 aliphatic heterocycles. The van der Waals surface area contributed by atoms with E-state index >= 15 is 0 Å². The van der Waals surface area contributed by atoms with Gasteiger partial charge in [0.15, 0.2) is 0 Å². The highest BCUT2D eigenvalue weighted by atomic mass is 16.1. The monoisotopic (exact) mass is 439 g/mol. The number of unbranched alkanes of at least 4 members (excludes halogenated alkanes) is 1. The van der Waals surface area contributed by atoms with Crippen molar-refractivity contribution in [2.24, 2.45) is 30.9 Å². The maximum absolute atomic E-state index is 9.42. The van der Waals surface area contributed by atoms with Crippen LogP contribution in [0.3, 0.4) is 0 Å². The molecule has 0 radical (unpaired) electrons.